The Labute approximate surface area is 119 Å². The highest BCUT2D eigenvalue weighted by atomic mass is 16.5. The first-order chi connectivity index (χ1) is 9.74. The summed E-state index contributed by atoms with van der Waals surface area (Å²) in [4.78, 5) is 16.0. The van der Waals surface area contributed by atoms with Crippen molar-refractivity contribution in [3.8, 4) is 0 Å². The Morgan fingerprint density at radius 3 is 2.70 bits per heavy atom. The number of carbonyl (C=O) groups excluding carboxylic acids is 1. The quantitative estimate of drug-likeness (QED) is 0.495. The fourth-order valence-corrected chi connectivity index (χ4v) is 2.94. The third-order valence-electron chi connectivity index (χ3n) is 4.10. The van der Waals surface area contributed by atoms with Crippen LogP contribution in [0.2, 0.25) is 0 Å². The molecule has 0 radical (unpaired) electrons. The van der Waals surface area contributed by atoms with Gasteiger partial charge in [0.15, 0.2) is 5.96 Å². The molecule has 6 heteroatoms. The fourth-order valence-electron chi connectivity index (χ4n) is 2.94. The Hall–Kier alpha value is -1.30. The maximum atomic E-state index is 11.7. The van der Waals surface area contributed by atoms with Crippen molar-refractivity contribution in [1.29, 1.82) is 0 Å². The Kier molecular flexibility index (Phi) is 4.10. The van der Waals surface area contributed by atoms with Gasteiger partial charge in [-0.25, -0.2) is 4.99 Å². The molecule has 2 saturated heterocycles. The lowest BCUT2D eigenvalue weighted by molar-refractivity contribution is -0.119. The minimum atomic E-state index is 0.00824. The largest absolute Gasteiger partial charge is 0.373 e. The van der Waals surface area contributed by atoms with E-state index in [-0.39, 0.29) is 12.5 Å². The number of hydrogen-bond acceptors (Lipinski definition) is 3. The van der Waals surface area contributed by atoms with E-state index < -0.39 is 0 Å². The van der Waals surface area contributed by atoms with Gasteiger partial charge in [0, 0.05) is 12.6 Å². The van der Waals surface area contributed by atoms with Gasteiger partial charge in [0.1, 0.15) is 6.54 Å². The van der Waals surface area contributed by atoms with Crippen molar-refractivity contribution < 1.29 is 9.53 Å². The number of ether oxygens (including phenoxy) is 1. The van der Waals surface area contributed by atoms with Crippen molar-refractivity contribution in [3.63, 3.8) is 0 Å². The number of aliphatic imine (C=N–C) groups is 1. The molecule has 112 valence electrons. The Morgan fingerprint density at radius 2 is 2.10 bits per heavy atom. The predicted octanol–water partition coefficient (Wildman–Crippen LogP) is 0.140. The van der Waals surface area contributed by atoms with E-state index in [4.69, 9.17) is 4.74 Å². The monoisotopic (exact) mass is 280 g/mol. The summed E-state index contributed by atoms with van der Waals surface area (Å²) in [7, 11) is 0. The number of rotatable bonds is 5. The summed E-state index contributed by atoms with van der Waals surface area (Å²) in [6.45, 7) is 3.00. The van der Waals surface area contributed by atoms with Crippen LogP contribution in [0.5, 0.6) is 0 Å². The second-order valence-corrected chi connectivity index (χ2v) is 5.90. The minimum Gasteiger partial charge on any atom is -0.373 e. The molecule has 1 saturated carbocycles. The second-order valence-electron chi connectivity index (χ2n) is 5.90. The molecule has 0 aromatic carbocycles. The number of nitrogens with one attached hydrogen (secondary N) is 3. The first-order valence-corrected chi connectivity index (χ1v) is 7.74. The summed E-state index contributed by atoms with van der Waals surface area (Å²) in [5.41, 5.74) is 0. The van der Waals surface area contributed by atoms with Gasteiger partial charge >= 0.3 is 0 Å². The van der Waals surface area contributed by atoms with Crippen LogP contribution >= 0.6 is 0 Å². The number of fused-ring (bicyclic) bond motifs is 2. The zero-order valence-corrected chi connectivity index (χ0v) is 12.0. The number of amides is 1. The average Bonchev–Trinajstić information content (AvgIpc) is 2.99. The highest BCUT2D eigenvalue weighted by molar-refractivity contribution is 5.85. The highest BCUT2D eigenvalue weighted by Gasteiger charge is 2.41. The molecule has 0 aromatic heterocycles. The number of guanidine groups is 1. The molecule has 20 heavy (non-hydrogen) atoms. The van der Waals surface area contributed by atoms with E-state index in [9.17, 15) is 4.79 Å². The third kappa shape index (κ3) is 3.42. The lowest BCUT2D eigenvalue weighted by atomic mass is 9.96. The van der Waals surface area contributed by atoms with Gasteiger partial charge in [0.25, 0.3) is 0 Å². The van der Waals surface area contributed by atoms with E-state index in [1.807, 2.05) is 6.92 Å². The van der Waals surface area contributed by atoms with Gasteiger partial charge < -0.3 is 20.7 Å². The molecule has 2 bridgehead atoms. The van der Waals surface area contributed by atoms with Crippen molar-refractivity contribution in [2.24, 2.45) is 4.99 Å². The van der Waals surface area contributed by atoms with Crippen LogP contribution < -0.4 is 16.0 Å². The molecule has 2 aliphatic heterocycles. The zero-order chi connectivity index (χ0) is 13.9. The molecule has 1 amide bonds. The van der Waals surface area contributed by atoms with Crippen LogP contribution in [0.25, 0.3) is 0 Å². The maximum absolute atomic E-state index is 11.7. The topological polar surface area (TPSA) is 74.8 Å². The van der Waals surface area contributed by atoms with Crippen LogP contribution in [0.4, 0.5) is 0 Å². The number of carbonyl (C=O) groups is 1. The van der Waals surface area contributed by atoms with E-state index in [1.54, 1.807) is 0 Å². The van der Waals surface area contributed by atoms with Crippen molar-refractivity contribution in [2.45, 2.75) is 63.3 Å². The summed E-state index contributed by atoms with van der Waals surface area (Å²) >= 11 is 0. The molecule has 6 nitrogen and oxygen atoms in total. The highest BCUT2D eigenvalue weighted by Crippen LogP contribution is 2.34. The first kappa shape index (κ1) is 13.7. The van der Waals surface area contributed by atoms with Crippen molar-refractivity contribution in [3.05, 3.63) is 0 Å². The lowest BCUT2D eigenvalue weighted by Crippen LogP contribution is -2.47. The van der Waals surface area contributed by atoms with Crippen molar-refractivity contribution in [2.75, 3.05) is 13.1 Å². The molecule has 1 aliphatic carbocycles. The standard InChI is InChI=1S/C14H24N4O2/c1-2-15-14(16-8-13(19)17-9-3-4-9)18-11-7-10-5-6-12(11)20-10/h9-12H,2-8H2,1H3,(H,17,19)(H2,15,16,18). The number of hydrogen-bond donors (Lipinski definition) is 3. The molecule has 3 aliphatic rings. The first-order valence-electron chi connectivity index (χ1n) is 7.74. The summed E-state index contributed by atoms with van der Waals surface area (Å²) in [5.74, 6) is 0.730. The molecular formula is C14H24N4O2. The summed E-state index contributed by atoms with van der Waals surface area (Å²) < 4.78 is 5.83. The molecule has 3 fully saturated rings. The van der Waals surface area contributed by atoms with Gasteiger partial charge in [0.05, 0.1) is 18.2 Å². The Bertz CT molecular complexity index is 395. The van der Waals surface area contributed by atoms with Crippen molar-refractivity contribution >= 4 is 11.9 Å². The molecule has 3 rings (SSSR count). The molecule has 3 N–H and O–H groups in total. The molecule has 2 heterocycles. The van der Waals surface area contributed by atoms with E-state index in [0.29, 0.717) is 24.3 Å². The Morgan fingerprint density at radius 1 is 1.25 bits per heavy atom. The van der Waals surface area contributed by atoms with Gasteiger partial charge in [-0.15, -0.1) is 0 Å². The van der Waals surface area contributed by atoms with E-state index in [0.717, 1.165) is 38.2 Å². The normalized spacial score (nSPS) is 32.2. The smallest absolute Gasteiger partial charge is 0.242 e. The van der Waals surface area contributed by atoms with Crippen LogP contribution in [0.15, 0.2) is 4.99 Å². The van der Waals surface area contributed by atoms with E-state index >= 15 is 0 Å². The fraction of sp³-hybridized carbons (Fsp3) is 0.857. The van der Waals surface area contributed by atoms with Gasteiger partial charge in [-0.1, -0.05) is 0 Å². The van der Waals surface area contributed by atoms with Gasteiger partial charge in [0.2, 0.25) is 5.91 Å². The molecular weight excluding hydrogens is 256 g/mol. The van der Waals surface area contributed by atoms with Crippen LogP contribution in [0.3, 0.4) is 0 Å². The summed E-state index contributed by atoms with van der Waals surface area (Å²) in [6, 6.07) is 0.727. The molecule has 3 atom stereocenters. The van der Waals surface area contributed by atoms with Gasteiger partial charge in [-0.05, 0) is 39.0 Å². The summed E-state index contributed by atoms with van der Waals surface area (Å²) in [5, 5.41) is 9.55. The number of nitrogens with zero attached hydrogens (tertiary/aromatic N) is 1. The van der Waals surface area contributed by atoms with Crippen LogP contribution in [0, 0.1) is 0 Å². The van der Waals surface area contributed by atoms with Crippen LogP contribution in [-0.4, -0.2) is 49.2 Å². The van der Waals surface area contributed by atoms with Gasteiger partial charge in [-0.3, -0.25) is 4.79 Å². The maximum Gasteiger partial charge on any atom is 0.242 e. The van der Waals surface area contributed by atoms with E-state index in [2.05, 4.69) is 20.9 Å². The lowest BCUT2D eigenvalue weighted by Gasteiger charge is -2.22. The summed E-state index contributed by atoms with van der Waals surface area (Å²) in [6.07, 6.45) is 6.29. The minimum absolute atomic E-state index is 0.00824. The SMILES string of the molecule is CCNC(=NCC(=O)NC1CC1)NC1CC2CCC1O2. The van der Waals surface area contributed by atoms with Crippen LogP contribution in [0.1, 0.15) is 39.0 Å². The molecule has 0 spiro atoms. The molecule has 0 aromatic rings. The Balaban J connectivity index is 1.49. The van der Waals surface area contributed by atoms with Crippen LogP contribution in [-0.2, 0) is 9.53 Å². The zero-order valence-electron chi connectivity index (χ0n) is 12.0. The average molecular weight is 280 g/mol. The molecule has 3 unspecified atom stereocenters. The van der Waals surface area contributed by atoms with E-state index in [1.165, 1.54) is 6.42 Å². The van der Waals surface area contributed by atoms with Crippen molar-refractivity contribution in [1.82, 2.24) is 16.0 Å². The predicted molar refractivity (Wildman–Crippen MR) is 76.6 cm³/mol. The van der Waals surface area contributed by atoms with Gasteiger partial charge in [-0.2, -0.15) is 0 Å². The second kappa shape index (κ2) is 5.99. The third-order valence-corrected chi connectivity index (χ3v) is 4.10.